The summed E-state index contributed by atoms with van der Waals surface area (Å²) >= 11 is 0. The monoisotopic (exact) mass is 263 g/mol. The van der Waals surface area contributed by atoms with Gasteiger partial charge < -0.3 is 0 Å². The van der Waals surface area contributed by atoms with E-state index in [1.54, 1.807) is 6.20 Å². The van der Waals surface area contributed by atoms with Gasteiger partial charge in [-0.25, -0.2) is 20.3 Å². The molecule has 0 aliphatic heterocycles. The van der Waals surface area contributed by atoms with Gasteiger partial charge >= 0.3 is 5.69 Å². The van der Waals surface area contributed by atoms with Crippen LogP contribution >= 0.6 is 0 Å². The number of hydrogen-bond acceptors (Lipinski definition) is 6. The first-order valence-electron chi connectivity index (χ1n) is 5.54. The van der Waals surface area contributed by atoms with Gasteiger partial charge in [0.2, 0.25) is 0 Å². The quantitative estimate of drug-likeness (QED) is 0.391. The molecule has 0 atom stereocenters. The number of carbonyl (C=O) groups excluding carboxylic acids is 1. The summed E-state index contributed by atoms with van der Waals surface area (Å²) in [5, 5.41) is 7.42. The van der Waals surface area contributed by atoms with Gasteiger partial charge in [0.25, 0.3) is 5.91 Å². The average Bonchev–Trinajstić information content (AvgIpc) is 2.88. The van der Waals surface area contributed by atoms with E-state index in [0.29, 0.717) is 13.1 Å². The molecule has 0 radical (unpaired) electrons. The zero-order chi connectivity index (χ0) is 13.8. The third-order valence-electron chi connectivity index (χ3n) is 2.46. The molecule has 100 valence electrons. The summed E-state index contributed by atoms with van der Waals surface area (Å²) < 4.78 is 2.93. The number of carbonyl (C=O) groups is 1. The molecule has 0 saturated carbocycles. The van der Waals surface area contributed by atoms with Crippen LogP contribution in [0.15, 0.2) is 23.4 Å². The summed E-state index contributed by atoms with van der Waals surface area (Å²) in [6.07, 6.45) is 4.67. The molecule has 0 spiro atoms. The molecule has 2 aromatic rings. The second kappa shape index (κ2) is 5.40. The highest BCUT2D eigenvalue weighted by Gasteiger charge is 2.08. The number of hydrogen-bond donors (Lipinski definition) is 2. The Morgan fingerprint density at radius 2 is 2.21 bits per heavy atom. The fraction of sp³-hybridized carbons (Fsp3) is 0.300. The van der Waals surface area contributed by atoms with E-state index in [4.69, 9.17) is 5.84 Å². The van der Waals surface area contributed by atoms with Crippen molar-refractivity contribution in [2.45, 2.75) is 20.0 Å². The lowest BCUT2D eigenvalue weighted by Crippen LogP contribution is -2.30. The van der Waals surface area contributed by atoms with Gasteiger partial charge in [0.05, 0.1) is 12.7 Å². The Labute approximate surface area is 108 Å². The third-order valence-corrected chi connectivity index (χ3v) is 2.46. The molecule has 2 aromatic heterocycles. The predicted octanol–water partition coefficient (Wildman–Crippen LogP) is -1.55. The highest BCUT2D eigenvalue weighted by molar-refractivity contribution is 5.91. The molecule has 9 nitrogen and oxygen atoms in total. The van der Waals surface area contributed by atoms with Gasteiger partial charge in [0.1, 0.15) is 0 Å². The van der Waals surface area contributed by atoms with Crippen LogP contribution in [0.25, 0.3) is 0 Å². The number of aromatic nitrogens is 5. The van der Waals surface area contributed by atoms with Crippen molar-refractivity contribution in [3.8, 4) is 0 Å². The van der Waals surface area contributed by atoms with E-state index in [2.05, 4.69) is 15.3 Å². The van der Waals surface area contributed by atoms with Gasteiger partial charge in [-0.3, -0.25) is 14.8 Å². The lowest BCUT2D eigenvalue weighted by atomic mass is 10.4. The van der Waals surface area contributed by atoms with E-state index in [9.17, 15) is 9.59 Å². The van der Waals surface area contributed by atoms with Crippen LogP contribution in [0.3, 0.4) is 0 Å². The van der Waals surface area contributed by atoms with Crippen LogP contribution in [0, 0.1) is 6.92 Å². The fourth-order valence-corrected chi connectivity index (χ4v) is 1.52. The minimum Gasteiger partial charge on any atom is -0.297 e. The summed E-state index contributed by atoms with van der Waals surface area (Å²) in [5.74, 6) is 4.47. The summed E-state index contributed by atoms with van der Waals surface area (Å²) in [7, 11) is 0. The van der Waals surface area contributed by atoms with Gasteiger partial charge in [-0.1, -0.05) is 5.21 Å². The van der Waals surface area contributed by atoms with Gasteiger partial charge in [-0.15, -0.1) is 5.10 Å². The number of rotatable bonds is 4. The molecule has 9 heteroatoms. The Hall–Kier alpha value is -2.55. The maximum atomic E-state index is 11.5. The van der Waals surface area contributed by atoms with Crippen molar-refractivity contribution in [3.05, 3.63) is 40.3 Å². The van der Waals surface area contributed by atoms with Gasteiger partial charge in [-0.05, 0) is 12.5 Å². The molecule has 1 amide bonds. The SMILES string of the molecule is Cc1cnc(=O)n(CCn2cc(C(=O)NN)nn2)c1. The highest BCUT2D eigenvalue weighted by Crippen LogP contribution is 1.95. The zero-order valence-electron chi connectivity index (χ0n) is 10.3. The molecule has 0 unspecified atom stereocenters. The van der Waals surface area contributed by atoms with Crippen molar-refractivity contribution in [1.29, 1.82) is 0 Å². The van der Waals surface area contributed by atoms with E-state index < -0.39 is 5.91 Å². The highest BCUT2D eigenvalue weighted by atomic mass is 16.2. The van der Waals surface area contributed by atoms with Crippen molar-refractivity contribution in [3.63, 3.8) is 0 Å². The normalized spacial score (nSPS) is 10.4. The molecule has 0 aliphatic rings. The summed E-state index contributed by atoms with van der Waals surface area (Å²) in [4.78, 5) is 26.4. The molecule has 3 N–H and O–H groups in total. The Morgan fingerprint density at radius 3 is 2.95 bits per heavy atom. The van der Waals surface area contributed by atoms with Crippen LogP contribution in [-0.2, 0) is 13.1 Å². The van der Waals surface area contributed by atoms with E-state index in [1.807, 2.05) is 12.3 Å². The van der Waals surface area contributed by atoms with Gasteiger partial charge in [0.15, 0.2) is 5.69 Å². The van der Waals surface area contributed by atoms with E-state index in [1.165, 1.54) is 21.6 Å². The van der Waals surface area contributed by atoms with Crippen LogP contribution in [-0.4, -0.2) is 30.5 Å². The fourth-order valence-electron chi connectivity index (χ4n) is 1.52. The first kappa shape index (κ1) is 12.9. The van der Waals surface area contributed by atoms with Crippen LogP contribution in [0.5, 0.6) is 0 Å². The van der Waals surface area contributed by atoms with Crippen LogP contribution < -0.4 is 17.0 Å². The number of hydrazine groups is 1. The molecule has 0 aromatic carbocycles. The van der Waals surface area contributed by atoms with Gasteiger partial charge in [-0.2, -0.15) is 0 Å². The van der Waals surface area contributed by atoms with Crippen molar-refractivity contribution in [2.75, 3.05) is 0 Å². The largest absolute Gasteiger partial charge is 0.347 e. The summed E-state index contributed by atoms with van der Waals surface area (Å²) in [5.41, 5.74) is 2.65. The van der Waals surface area contributed by atoms with E-state index >= 15 is 0 Å². The number of amides is 1. The first-order chi connectivity index (χ1) is 9.10. The molecular weight excluding hydrogens is 250 g/mol. The molecule has 2 heterocycles. The van der Waals surface area contributed by atoms with Crippen molar-refractivity contribution >= 4 is 5.91 Å². The van der Waals surface area contributed by atoms with Crippen molar-refractivity contribution in [2.24, 2.45) is 5.84 Å². The van der Waals surface area contributed by atoms with Crippen LogP contribution in [0.2, 0.25) is 0 Å². The Morgan fingerprint density at radius 1 is 1.42 bits per heavy atom. The minimum atomic E-state index is -0.513. The van der Waals surface area contributed by atoms with Gasteiger partial charge in [0, 0.05) is 18.9 Å². The summed E-state index contributed by atoms with van der Waals surface area (Å²) in [6.45, 7) is 2.64. The Bertz CT molecular complexity index is 645. The first-order valence-corrected chi connectivity index (χ1v) is 5.54. The molecule has 0 saturated heterocycles. The number of nitrogen functional groups attached to an aromatic ring is 1. The molecule has 0 aliphatic carbocycles. The van der Waals surface area contributed by atoms with Crippen LogP contribution in [0.1, 0.15) is 16.1 Å². The maximum absolute atomic E-state index is 11.5. The number of nitrogens with two attached hydrogens (primary N) is 1. The lowest BCUT2D eigenvalue weighted by Gasteiger charge is -2.04. The third kappa shape index (κ3) is 3.01. The Balaban J connectivity index is 2.06. The smallest absolute Gasteiger partial charge is 0.297 e. The van der Waals surface area contributed by atoms with Crippen LogP contribution in [0.4, 0.5) is 0 Å². The lowest BCUT2D eigenvalue weighted by molar-refractivity contribution is 0.0948. The Kier molecular flexibility index (Phi) is 3.66. The predicted molar refractivity (Wildman–Crippen MR) is 64.9 cm³/mol. The number of nitrogens with zero attached hydrogens (tertiary/aromatic N) is 5. The molecule has 19 heavy (non-hydrogen) atoms. The zero-order valence-corrected chi connectivity index (χ0v) is 10.3. The second-order valence-corrected chi connectivity index (χ2v) is 3.95. The van der Waals surface area contributed by atoms with E-state index in [0.717, 1.165) is 5.56 Å². The van der Waals surface area contributed by atoms with Crippen molar-refractivity contribution < 1.29 is 4.79 Å². The summed E-state index contributed by atoms with van der Waals surface area (Å²) in [6, 6.07) is 0. The topological polar surface area (TPSA) is 121 Å². The van der Waals surface area contributed by atoms with E-state index in [-0.39, 0.29) is 11.4 Å². The maximum Gasteiger partial charge on any atom is 0.347 e. The molecule has 2 rings (SSSR count). The minimum absolute atomic E-state index is 0.122. The standard InChI is InChI=1S/C10H13N7O2/c1-7-4-12-10(19)16(5-7)2-3-17-6-8(14-15-17)9(18)13-11/h4-6H,2-3,11H2,1H3,(H,13,18). The number of aryl methyl sites for hydroxylation is 3. The average molecular weight is 263 g/mol. The molecule has 0 fully saturated rings. The second-order valence-electron chi connectivity index (χ2n) is 3.95. The van der Waals surface area contributed by atoms with Crippen molar-refractivity contribution in [1.82, 2.24) is 30.0 Å². The number of nitrogens with one attached hydrogen (secondary N) is 1. The molecule has 0 bridgehead atoms. The molecular formula is C10H13N7O2.